The fourth-order valence-corrected chi connectivity index (χ4v) is 1.55. The molecule has 0 aliphatic rings. The number of pyridine rings is 1. The number of carbonyl (C=O) groups is 1. The van der Waals surface area contributed by atoms with Crippen LogP contribution in [0.25, 0.3) is 0 Å². The lowest BCUT2D eigenvalue weighted by Crippen LogP contribution is -2.01. The first kappa shape index (κ1) is 12.2. The van der Waals surface area contributed by atoms with Crippen LogP contribution in [-0.2, 0) is 11.3 Å². The van der Waals surface area contributed by atoms with E-state index in [0.717, 1.165) is 11.4 Å². The largest absolute Gasteiger partial charge is 0.467 e. The van der Waals surface area contributed by atoms with Crippen LogP contribution in [0.3, 0.4) is 0 Å². The van der Waals surface area contributed by atoms with Crippen molar-refractivity contribution in [1.29, 1.82) is 0 Å². The third-order valence-corrected chi connectivity index (χ3v) is 2.53. The van der Waals surface area contributed by atoms with Crippen LogP contribution in [0.4, 0.5) is 5.69 Å². The molecule has 2 heterocycles. The number of ether oxygens (including phenoxy) is 1. The number of furan rings is 1. The standard InChI is InChI=1S/C13H14N2O3/c1-9-12(4-3-5-14-9)15-7-11-6-10(8-18-11)13(16)17-2/h3-6,8,15H,7H2,1-2H3. The van der Waals surface area contributed by atoms with Crippen molar-refractivity contribution < 1.29 is 13.9 Å². The summed E-state index contributed by atoms with van der Waals surface area (Å²) in [6, 6.07) is 5.45. The molecule has 2 rings (SSSR count). The molecule has 5 nitrogen and oxygen atoms in total. The molecule has 2 aromatic rings. The summed E-state index contributed by atoms with van der Waals surface area (Å²) in [5.41, 5.74) is 2.27. The summed E-state index contributed by atoms with van der Waals surface area (Å²) in [5.74, 6) is 0.265. The average Bonchev–Trinajstić information content (AvgIpc) is 2.86. The van der Waals surface area contributed by atoms with Crippen molar-refractivity contribution in [2.45, 2.75) is 13.5 Å². The van der Waals surface area contributed by atoms with Gasteiger partial charge in [0, 0.05) is 6.20 Å². The predicted octanol–water partition coefficient (Wildman–Crippen LogP) is 2.38. The van der Waals surface area contributed by atoms with E-state index in [2.05, 4.69) is 15.0 Å². The lowest BCUT2D eigenvalue weighted by Gasteiger charge is -2.06. The Morgan fingerprint density at radius 1 is 1.56 bits per heavy atom. The molecule has 0 atom stereocenters. The first-order valence-electron chi connectivity index (χ1n) is 5.52. The van der Waals surface area contributed by atoms with Gasteiger partial charge in [-0.05, 0) is 25.1 Å². The Balaban J connectivity index is 2.01. The summed E-state index contributed by atoms with van der Waals surface area (Å²) in [7, 11) is 1.34. The lowest BCUT2D eigenvalue weighted by molar-refractivity contribution is 0.0600. The summed E-state index contributed by atoms with van der Waals surface area (Å²) in [5, 5.41) is 3.19. The zero-order valence-corrected chi connectivity index (χ0v) is 10.3. The van der Waals surface area contributed by atoms with Crippen molar-refractivity contribution in [3.63, 3.8) is 0 Å². The molecule has 0 aliphatic heterocycles. The number of hydrogen-bond donors (Lipinski definition) is 1. The van der Waals surface area contributed by atoms with Gasteiger partial charge in [0.25, 0.3) is 0 Å². The maximum Gasteiger partial charge on any atom is 0.341 e. The predicted molar refractivity (Wildman–Crippen MR) is 66.3 cm³/mol. The van der Waals surface area contributed by atoms with Crippen LogP contribution >= 0.6 is 0 Å². The number of aromatic nitrogens is 1. The van der Waals surface area contributed by atoms with Crippen molar-refractivity contribution in [3.8, 4) is 0 Å². The topological polar surface area (TPSA) is 64.4 Å². The second-order valence-electron chi connectivity index (χ2n) is 3.78. The molecule has 0 bridgehead atoms. The Morgan fingerprint density at radius 2 is 2.39 bits per heavy atom. The van der Waals surface area contributed by atoms with Crippen molar-refractivity contribution in [1.82, 2.24) is 4.98 Å². The lowest BCUT2D eigenvalue weighted by atomic mass is 10.3. The normalized spacial score (nSPS) is 10.1. The number of rotatable bonds is 4. The first-order chi connectivity index (χ1) is 8.70. The van der Waals surface area contributed by atoms with E-state index in [-0.39, 0.29) is 0 Å². The van der Waals surface area contributed by atoms with Gasteiger partial charge in [-0.2, -0.15) is 0 Å². The fourth-order valence-electron chi connectivity index (χ4n) is 1.55. The van der Waals surface area contributed by atoms with Gasteiger partial charge in [-0.3, -0.25) is 4.98 Å². The van der Waals surface area contributed by atoms with Crippen LogP contribution in [0.5, 0.6) is 0 Å². The summed E-state index contributed by atoms with van der Waals surface area (Å²) in [6.07, 6.45) is 3.13. The minimum Gasteiger partial charge on any atom is -0.467 e. The van der Waals surface area contributed by atoms with Gasteiger partial charge in [0.15, 0.2) is 0 Å². The maximum atomic E-state index is 11.2. The molecule has 2 aromatic heterocycles. The molecular formula is C13H14N2O3. The Labute approximate surface area is 105 Å². The van der Waals surface area contributed by atoms with E-state index in [1.807, 2.05) is 19.1 Å². The molecule has 0 spiro atoms. The van der Waals surface area contributed by atoms with Gasteiger partial charge in [0.2, 0.25) is 0 Å². The molecule has 0 saturated carbocycles. The molecule has 0 aromatic carbocycles. The highest BCUT2D eigenvalue weighted by Gasteiger charge is 2.10. The van der Waals surface area contributed by atoms with Gasteiger partial charge in [-0.25, -0.2) is 4.79 Å². The molecule has 0 unspecified atom stereocenters. The quantitative estimate of drug-likeness (QED) is 0.839. The van der Waals surface area contributed by atoms with E-state index >= 15 is 0 Å². The monoisotopic (exact) mass is 246 g/mol. The van der Waals surface area contributed by atoms with E-state index in [0.29, 0.717) is 17.9 Å². The van der Waals surface area contributed by atoms with Crippen LogP contribution in [0, 0.1) is 6.92 Å². The van der Waals surface area contributed by atoms with Crippen LogP contribution in [0.1, 0.15) is 21.8 Å². The summed E-state index contributed by atoms with van der Waals surface area (Å²) in [4.78, 5) is 15.4. The molecule has 94 valence electrons. The number of carbonyl (C=O) groups excluding carboxylic acids is 1. The highest BCUT2D eigenvalue weighted by atomic mass is 16.5. The second-order valence-corrected chi connectivity index (χ2v) is 3.78. The van der Waals surface area contributed by atoms with E-state index in [4.69, 9.17) is 4.42 Å². The number of anilines is 1. The number of methoxy groups -OCH3 is 1. The van der Waals surface area contributed by atoms with Gasteiger partial charge < -0.3 is 14.5 Å². The molecule has 0 fully saturated rings. The van der Waals surface area contributed by atoms with Crippen LogP contribution in [0.15, 0.2) is 35.1 Å². The number of esters is 1. The summed E-state index contributed by atoms with van der Waals surface area (Å²) in [6.45, 7) is 2.41. The van der Waals surface area contributed by atoms with Gasteiger partial charge in [0.05, 0.1) is 30.6 Å². The Morgan fingerprint density at radius 3 is 3.11 bits per heavy atom. The highest BCUT2D eigenvalue weighted by Crippen LogP contribution is 2.14. The van der Waals surface area contributed by atoms with Crippen LogP contribution in [0.2, 0.25) is 0 Å². The third-order valence-electron chi connectivity index (χ3n) is 2.53. The van der Waals surface area contributed by atoms with E-state index in [9.17, 15) is 4.79 Å². The zero-order valence-electron chi connectivity index (χ0n) is 10.3. The van der Waals surface area contributed by atoms with E-state index in [1.165, 1.54) is 13.4 Å². The average molecular weight is 246 g/mol. The number of nitrogens with zero attached hydrogens (tertiary/aromatic N) is 1. The van der Waals surface area contributed by atoms with Crippen molar-refractivity contribution >= 4 is 11.7 Å². The highest BCUT2D eigenvalue weighted by molar-refractivity contribution is 5.88. The molecule has 1 N–H and O–H groups in total. The van der Waals surface area contributed by atoms with Gasteiger partial charge in [-0.15, -0.1) is 0 Å². The Hall–Kier alpha value is -2.30. The van der Waals surface area contributed by atoms with Crippen LogP contribution in [-0.4, -0.2) is 18.1 Å². The molecule has 0 radical (unpaired) electrons. The smallest absolute Gasteiger partial charge is 0.341 e. The Bertz CT molecular complexity index is 549. The molecule has 18 heavy (non-hydrogen) atoms. The fraction of sp³-hybridized carbons (Fsp3) is 0.231. The summed E-state index contributed by atoms with van der Waals surface area (Å²) < 4.78 is 9.87. The van der Waals surface area contributed by atoms with Gasteiger partial charge in [0.1, 0.15) is 12.0 Å². The van der Waals surface area contributed by atoms with E-state index in [1.54, 1.807) is 12.3 Å². The van der Waals surface area contributed by atoms with E-state index < -0.39 is 5.97 Å². The SMILES string of the molecule is COC(=O)c1coc(CNc2cccnc2C)c1. The van der Waals surface area contributed by atoms with Crippen molar-refractivity contribution in [3.05, 3.63) is 47.7 Å². The third kappa shape index (κ3) is 2.68. The minimum absolute atomic E-state index is 0.400. The van der Waals surface area contributed by atoms with Crippen molar-refractivity contribution in [2.24, 2.45) is 0 Å². The zero-order chi connectivity index (χ0) is 13.0. The maximum absolute atomic E-state index is 11.2. The number of nitrogens with one attached hydrogen (secondary N) is 1. The molecule has 0 aliphatic carbocycles. The van der Waals surface area contributed by atoms with Crippen molar-refractivity contribution in [2.75, 3.05) is 12.4 Å². The molecular weight excluding hydrogens is 232 g/mol. The number of hydrogen-bond acceptors (Lipinski definition) is 5. The summed E-state index contributed by atoms with van der Waals surface area (Å²) >= 11 is 0. The van der Waals surface area contributed by atoms with Gasteiger partial charge in [-0.1, -0.05) is 0 Å². The van der Waals surface area contributed by atoms with Crippen LogP contribution < -0.4 is 5.32 Å². The Kier molecular flexibility index (Phi) is 3.62. The molecule has 0 saturated heterocycles. The van der Waals surface area contributed by atoms with Gasteiger partial charge >= 0.3 is 5.97 Å². The second kappa shape index (κ2) is 5.35. The minimum atomic E-state index is -0.400. The molecule has 0 amide bonds. The molecule has 5 heteroatoms. The first-order valence-corrected chi connectivity index (χ1v) is 5.52. The number of aryl methyl sites for hydroxylation is 1.